The number of halogens is 1. The molecule has 1 aromatic carbocycles. The van der Waals surface area contributed by atoms with Crippen LogP contribution in [0.5, 0.6) is 5.75 Å². The summed E-state index contributed by atoms with van der Waals surface area (Å²) in [6, 6.07) is 9.53. The monoisotopic (exact) mass is 287 g/mol. The van der Waals surface area contributed by atoms with E-state index in [0.29, 0.717) is 0 Å². The van der Waals surface area contributed by atoms with Crippen molar-refractivity contribution in [2.45, 2.75) is 0 Å². The molecule has 0 saturated carbocycles. The highest BCUT2D eigenvalue weighted by Crippen LogP contribution is 2.14. The smallest absolute Gasteiger partial charge is 0.118 e. The zero-order valence-electron chi connectivity index (χ0n) is 9.27. The minimum atomic E-state index is 0.834. The largest absolute Gasteiger partial charge is 0.497 e. The molecule has 0 aliphatic carbocycles. The molecule has 0 spiro atoms. The van der Waals surface area contributed by atoms with Crippen molar-refractivity contribution >= 4 is 15.9 Å². The maximum absolute atomic E-state index is 5.09. The average molecular weight is 288 g/mol. The zero-order valence-corrected chi connectivity index (χ0v) is 10.9. The van der Waals surface area contributed by atoms with Gasteiger partial charge in [0.25, 0.3) is 0 Å². The standard InChI is InChI=1S/C14H10BrNO/c1-17-13-6-3-11(4-7-13)2-5-12-8-9-16-10-14(12)15/h3-4,6-10H,1H3. The number of ether oxygens (including phenoxy) is 1. The highest BCUT2D eigenvalue weighted by atomic mass is 79.9. The molecule has 1 aromatic heterocycles. The van der Waals surface area contributed by atoms with Crippen molar-refractivity contribution in [3.8, 4) is 17.6 Å². The van der Waals surface area contributed by atoms with E-state index in [4.69, 9.17) is 4.74 Å². The second kappa shape index (κ2) is 5.51. The van der Waals surface area contributed by atoms with Gasteiger partial charge in [0, 0.05) is 23.5 Å². The van der Waals surface area contributed by atoms with E-state index in [1.807, 2.05) is 30.3 Å². The highest BCUT2D eigenvalue weighted by molar-refractivity contribution is 9.10. The summed E-state index contributed by atoms with van der Waals surface area (Å²) in [7, 11) is 1.65. The molecule has 0 atom stereocenters. The van der Waals surface area contributed by atoms with Gasteiger partial charge in [0.15, 0.2) is 0 Å². The molecule has 2 rings (SSSR count). The SMILES string of the molecule is COc1ccc(C#Cc2ccncc2Br)cc1. The van der Waals surface area contributed by atoms with Gasteiger partial charge in [0.2, 0.25) is 0 Å². The third kappa shape index (κ3) is 3.08. The van der Waals surface area contributed by atoms with Crippen molar-refractivity contribution in [2.75, 3.05) is 7.11 Å². The molecule has 0 aliphatic heterocycles. The van der Waals surface area contributed by atoms with Crippen LogP contribution in [0.2, 0.25) is 0 Å². The molecule has 0 amide bonds. The Balaban J connectivity index is 2.24. The van der Waals surface area contributed by atoms with Gasteiger partial charge >= 0.3 is 0 Å². The van der Waals surface area contributed by atoms with Crippen LogP contribution < -0.4 is 4.74 Å². The van der Waals surface area contributed by atoms with Gasteiger partial charge in [-0.05, 0) is 46.3 Å². The van der Waals surface area contributed by atoms with Crippen LogP contribution in [0.3, 0.4) is 0 Å². The summed E-state index contributed by atoms with van der Waals surface area (Å²) in [5.41, 5.74) is 1.88. The Hall–Kier alpha value is -1.79. The summed E-state index contributed by atoms with van der Waals surface area (Å²) in [6.07, 6.45) is 3.46. The molecule has 1 heterocycles. The lowest BCUT2D eigenvalue weighted by Gasteiger charge is -1.97. The van der Waals surface area contributed by atoms with Crippen LogP contribution in [0, 0.1) is 11.8 Å². The van der Waals surface area contributed by atoms with Crippen LogP contribution in [0.15, 0.2) is 47.2 Å². The van der Waals surface area contributed by atoms with Crippen molar-refractivity contribution in [1.82, 2.24) is 4.98 Å². The Labute approximate surface area is 109 Å². The molecule has 2 aromatic rings. The van der Waals surface area contributed by atoms with Gasteiger partial charge in [0.1, 0.15) is 5.75 Å². The van der Waals surface area contributed by atoms with Crippen LogP contribution in [-0.2, 0) is 0 Å². The van der Waals surface area contributed by atoms with Crippen molar-refractivity contribution in [2.24, 2.45) is 0 Å². The quantitative estimate of drug-likeness (QED) is 0.751. The summed E-state index contributed by atoms with van der Waals surface area (Å²) < 4.78 is 5.99. The first kappa shape index (κ1) is 11.7. The number of methoxy groups -OCH3 is 1. The number of aromatic nitrogens is 1. The van der Waals surface area contributed by atoms with E-state index in [1.54, 1.807) is 19.5 Å². The predicted octanol–water partition coefficient (Wildman–Crippen LogP) is 3.25. The van der Waals surface area contributed by atoms with E-state index in [2.05, 4.69) is 32.8 Å². The molecule has 3 heteroatoms. The fraction of sp³-hybridized carbons (Fsp3) is 0.0714. The highest BCUT2D eigenvalue weighted by Gasteiger charge is 1.94. The fourth-order valence-electron chi connectivity index (χ4n) is 1.29. The number of pyridine rings is 1. The molecule has 2 nitrogen and oxygen atoms in total. The molecular weight excluding hydrogens is 278 g/mol. The van der Waals surface area contributed by atoms with E-state index >= 15 is 0 Å². The zero-order chi connectivity index (χ0) is 12.1. The number of hydrogen-bond acceptors (Lipinski definition) is 2. The average Bonchev–Trinajstić information content (AvgIpc) is 2.38. The molecule has 0 N–H and O–H groups in total. The van der Waals surface area contributed by atoms with Gasteiger partial charge in [0.05, 0.1) is 11.6 Å². The van der Waals surface area contributed by atoms with E-state index in [0.717, 1.165) is 21.3 Å². The molecule has 84 valence electrons. The lowest BCUT2D eigenvalue weighted by atomic mass is 10.2. The topological polar surface area (TPSA) is 22.1 Å². The van der Waals surface area contributed by atoms with Crippen LogP contribution in [0.25, 0.3) is 0 Å². The second-order valence-electron chi connectivity index (χ2n) is 3.33. The maximum atomic E-state index is 5.09. The summed E-state index contributed by atoms with van der Waals surface area (Å²) in [4.78, 5) is 3.99. The number of nitrogens with zero attached hydrogens (tertiary/aromatic N) is 1. The molecule has 0 saturated heterocycles. The summed E-state index contributed by atoms with van der Waals surface area (Å²) in [6.45, 7) is 0. The molecule has 0 fully saturated rings. The molecule has 0 bridgehead atoms. The van der Waals surface area contributed by atoms with Gasteiger partial charge in [-0.1, -0.05) is 11.8 Å². The van der Waals surface area contributed by atoms with Gasteiger partial charge in [-0.2, -0.15) is 0 Å². The van der Waals surface area contributed by atoms with Gasteiger partial charge in [-0.25, -0.2) is 0 Å². The first-order chi connectivity index (χ1) is 8.29. The normalized spacial score (nSPS) is 9.29. The second-order valence-corrected chi connectivity index (χ2v) is 4.19. The third-order valence-electron chi connectivity index (χ3n) is 2.20. The summed E-state index contributed by atoms with van der Waals surface area (Å²) >= 11 is 3.41. The van der Waals surface area contributed by atoms with Gasteiger partial charge in [-0.15, -0.1) is 0 Å². The molecule has 0 aliphatic rings. The van der Waals surface area contributed by atoms with Crippen molar-refractivity contribution in [3.63, 3.8) is 0 Å². The molecular formula is C14H10BrNO. The van der Waals surface area contributed by atoms with Crippen LogP contribution >= 0.6 is 15.9 Å². The number of hydrogen-bond donors (Lipinski definition) is 0. The van der Waals surface area contributed by atoms with Crippen molar-refractivity contribution in [3.05, 3.63) is 58.3 Å². The molecule has 0 unspecified atom stereocenters. The van der Waals surface area contributed by atoms with Crippen LogP contribution in [0.4, 0.5) is 0 Å². The summed E-state index contributed by atoms with van der Waals surface area (Å²) in [5.74, 6) is 7.01. The van der Waals surface area contributed by atoms with Crippen LogP contribution in [0.1, 0.15) is 11.1 Å². The Morgan fingerprint density at radius 1 is 1.12 bits per heavy atom. The van der Waals surface area contributed by atoms with Crippen molar-refractivity contribution in [1.29, 1.82) is 0 Å². The van der Waals surface area contributed by atoms with E-state index in [9.17, 15) is 0 Å². The predicted molar refractivity (Wildman–Crippen MR) is 70.9 cm³/mol. The van der Waals surface area contributed by atoms with Gasteiger partial charge in [-0.3, -0.25) is 4.98 Å². The first-order valence-corrected chi connectivity index (χ1v) is 5.84. The third-order valence-corrected chi connectivity index (χ3v) is 2.84. The van der Waals surface area contributed by atoms with E-state index in [-0.39, 0.29) is 0 Å². The lowest BCUT2D eigenvalue weighted by molar-refractivity contribution is 0.415. The number of benzene rings is 1. The fourth-order valence-corrected chi connectivity index (χ4v) is 1.64. The lowest BCUT2D eigenvalue weighted by Crippen LogP contribution is -1.82. The Bertz CT molecular complexity index is 567. The van der Waals surface area contributed by atoms with Crippen LogP contribution in [-0.4, -0.2) is 12.1 Å². The maximum Gasteiger partial charge on any atom is 0.118 e. The Morgan fingerprint density at radius 3 is 2.53 bits per heavy atom. The first-order valence-electron chi connectivity index (χ1n) is 5.05. The minimum absolute atomic E-state index is 0.834. The van der Waals surface area contributed by atoms with Crippen molar-refractivity contribution < 1.29 is 4.74 Å². The van der Waals surface area contributed by atoms with Gasteiger partial charge < -0.3 is 4.74 Å². The summed E-state index contributed by atoms with van der Waals surface area (Å²) in [5, 5.41) is 0. The minimum Gasteiger partial charge on any atom is -0.497 e. The molecule has 0 radical (unpaired) electrons. The number of rotatable bonds is 1. The molecule has 17 heavy (non-hydrogen) atoms. The van der Waals surface area contributed by atoms with E-state index in [1.165, 1.54) is 0 Å². The van der Waals surface area contributed by atoms with E-state index < -0.39 is 0 Å². The Kier molecular flexibility index (Phi) is 3.79. The Morgan fingerprint density at radius 2 is 1.88 bits per heavy atom.